The van der Waals surface area contributed by atoms with Gasteiger partial charge in [0.2, 0.25) is 0 Å². The van der Waals surface area contributed by atoms with Gasteiger partial charge in [-0.25, -0.2) is 4.98 Å². The van der Waals surface area contributed by atoms with E-state index < -0.39 is 10.8 Å². The fourth-order valence-electron chi connectivity index (χ4n) is 3.19. The van der Waals surface area contributed by atoms with Crippen LogP contribution in [0.1, 0.15) is 16.3 Å². The molecule has 1 saturated heterocycles. The SMILES string of the molecule is O=C(c1ccc(C[S@](=O)c2ccccc2)o1)N1CCN(c2ccccn2)CC1. The second-order valence-electron chi connectivity index (χ2n) is 6.54. The molecule has 0 unspecified atom stereocenters. The quantitative estimate of drug-likeness (QED) is 0.665. The molecule has 7 heteroatoms. The average molecular weight is 395 g/mol. The molecule has 1 aromatic carbocycles. The highest BCUT2D eigenvalue weighted by Gasteiger charge is 2.25. The molecule has 1 amide bonds. The minimum atomic E-state index is -1.20. The van der Waals surface area contributed by atoms with E-state index in [9.17, 15) is 9.00 Å². The number of hydrogen-bond acceptors (Lipinski definition) is 5. The molecule has 144 valence electrons. The smallest absolute Gasteiger partial charge is 0.289 e. The summed E-state index contributed by atoms with van der Waals surface area (Å²) in [4.78, 5) is 21.8. The largest absolute Gasteiger partial charge is 0.455 e. The van der Waals surface area contributed by atoms with Crippen LogP contribution in [0.3, 0.4) is 0 Å². The van der Waals surface area contributed by atoms with Crippen molar-refractivity contribution in [2.24, 2.45) is 0 Å². The third-order valence-electron chi connectivity index (χ3n) is 4.69. The van der Waals surface area contributed by atoms with E-state index in [4.69, 9.17) is 4.42 Å². The van der Waals surface area contributed by atoms with Gasteiger partial charge in [-0.05, 0) is 36.4 Å². The van der Waals surface area contributed by atoms with Crippen molar-refractivity contribution in [3.05, 3.63) is 78.4 Å². The summed E-state index contributed by atoms with van der Waals surface area (Å²) in [5.41, 5.74) is 0. The Morgan fingerprint density at radius 1 is 0.964 bits per heavy atom. The van der Waals surface area contributed by atoms with Crippen LogP contribution in [-0.4, -0.2) is 46.2 Å². The maximum atomic E-state index is 12.7. The average Bonchev–Trinajstić information content (AvgIpc) is 3.23. The molecule has 0 radical (unpaired) electrons. The molecule has 0 bridgehead atoms. The molecule has 0 spiro atoms. The first-order valence-electron chi connectivity index (χ1n) is 9.18. The first kappa shape index (κ1) is 18.4. The predicted octanol–water partition coefficient (Wildman–Crippen LogP) is 2.94. The van der Waals surface area contributed by atoms with Gasteiger partial charge in [0.05, 0.1) is 16.6 Å². The van der Waals surface area contributed by atoms with Crippen LogP contribution in [-0.2, 0) is 16.6 Å². The molecule has 1 aliphatic rings. The molecule has 0 aliphatic carbocycles. The lowest BCUT2D eigenvalue weighted by Crippen LogP contribution is -2.49. The predicted molar refractivity (Wildman–Crippen MR) is 108 cm³/mol. The van der Waals surface area contributed by atoms with Crippen LogP contribution < -0.4 is 4.90 Å². The molecular formula is C21H21N3O3S. The van der Waals surface area contributed by atoms with Crippen LogP contribution in [0.4, 0.5) is 5.82 Å². The van der Waals surface area contributed by atoms with Crippen LogP contribution in [0.25, 0.3) is 0 Å². The second-order valence-corrected chi connectivity index (χ2v) is 7.99. The lowest BCUT2D eigenvalue weighted by molar-refractivity contribution is 0.0713. The molecule has 1 fully saturated rings. The highest BCUT2D eigenvalue weighted by atomic mass is 32.2. The van der Waals surface area contributed by atoms with Gasteiger partial charge in [0, 0.05) is 37.3 Å². The monoisotopic (exact) mass is 395 g/mol. The Kier molecular flexibility index (Phi) is 5.53. The summed E-state index contributed by atoms with van der Waals surface area (Å²) in [5.74, 6) is 1.91. The molecule has 28 heavy (non-hydrogen) atoms. The third-order valence-corrected chi connectivity index (χ3v) is 6.04. The van der Waals surface area contributed by atoms with E-state index in [1.807, 2.05) is 48.5 Å². The maximum absolute atomic E-state index is 12.7. The fourth-order valence-corrected chi connectivity index (χ4v) is 4.23. The number of anilines is 1. The normalized spacial score (nSPS) is 15.4. The molecule has 1 aliphatic heterocycles. The molecule has 6 nitrogen and oxygen atoms in total. The standard InChI is InChI=1S/C21H21N3O3S/c25-21(24-14-12-23(13-15-24)20-8-4-5-11-22-20)19-10-9-17(27-19)16-28(26)18-6-2-1-3-7-18/h1-11H,12-16H2/t28-/m0/s1. The van der Waals surface area contributed by atoms with E-state index in [0.29, 0.717) is 24.6 Å². The Morgan fingerprint density at radius 3 is 2.43 bits per heavy atom. The first-order chi connectivity index (χ1) is 13.7. The van der Waals surface area contributed by atoms with Crippen LogP contribution >= 0.6 is 0 Å². The zero-order valence-corrected chi connectivity index (χ0v) is 16.2. The summed E-state index contributed by atoms with van der Waals surface area (Å²) in [7, 11) is -1.20. The number of benzene rings is 1. The first-order valence-corrected chi connectivity index (χ1v) is 10.5. The molecule has 0 saturated carbocycles. The number of aromatic nitrogens is 1. The van der Waals surface area contributed by atoms with E-state index in [1.54, 1.807) is 23.2 Å². The lowest BCUT2D eigenvalue weighted by atomic mass is 10.2. The van der Waals surface area contributed by atoms with Crippen molar-refractivity contribution in [3.8, 4) is 0 Å². The molecule has 3 aromatic rings. The Morgan fingerprint density at radius 2 is 1.71 bits per heavy atom. The van der Waals surface area contributed by atoms with Gasteiger partial charge >= 0.3 is 0 Å². The summed E-state index contributed by atoms with van der Waals surface area (Å²) >= 11 is 0. The summed E-state index contributed by atoms with van der Waals surface area (Å²) in [5, 5.41) is 0. The number of piperazine rings is 1. The van der Waals surface area contributed by atoms with E-state index in [-0.39, 0.29) is 11.7 Å². The maximum Gasteiger partial charge on any atom is 0.289 e. The van der Waals surface area contributed by atoms with Crippen LogP contribution in [0.2, 0.25) is 0 Å². The molecule has 4 rings (SSSR count). The Balaban J connectivity index is 1.35. The Hall–Kier alpha value is -2.93. The van der Waals surface area contributed by atoms with Crippen LogP contribution in [0, 0.1) is 0 Å². The van der Waals surface area contributed by atoms with E-state index >= 15 is 0 Å². The molecule has 3 heterocycles. The number of carbonyl (C=O) groups excluding carboxylic acids is 1. The van der Waals surface area contributed by atoms with Crippen LogP contribution in [0.15, 0.2) is 76.2 Å². The summed E-state index contributed by atoms with van der Waals surface area (Å²) < 4.78 is 18.1. The van der Waals surface area contributed by atoms with Crippen molar-refractivity contribution >= 4 is 22.5 Å². The number of furan rings is 1. The van der Waals surface area contributed by atoms with E-state index in [1.165, 1.54) is 0 Å². The topological polar surface area (TPSA) is 66.7 Å². The highest BCUT2D eigenvalue weighted by molar-refractivity contribution is 7.84. The van der Waals surface area contributed by atoms with Gasteiger partial charge < -0.3 is 14.2 Å². The number of hydrogen-bond donors (Lipinski definition) is 0. The summed E-state index contributed by atoms with van der Waals surface area (Å²) in [6.45, 7) is 2.69. The van der Waals surface area contributed by atoms with Gasteiger partial charge in [0.25, 0.3) is 5.91 Å². The third kappa shape index (κ3) is 4.14. The van der Waals surface area contributed by atoms with Gasteiger partial charge in [0.15, 0.2) is 5.76 Å². The molecule has 0 N–H and O–H groups in total. The van der Waals surface area contributed by atoms with Crippen molar-refractivity contribution in [2.45, 2.75) is 10.6 Å². The van der Waals surface area contributed by atoms with Gasteiger partial charge in [-0.15, -0.1) is 0 Å². The van der Waals surface area contributed by atoms with Crippen LogP contribution in [0.5, 0.6) is 0 Å². The molecular weight excluding hydrogens is 374 g/mol. The highest BCUT2D eigenvalue weighted by Crippen LogP contribution is 2.18. The number of pyridine rings is 1. The number of carbonyl (C=O) groups is 1. The number of amides is 1. The van der Waals surface area contributed by atoms with Gasteiger partial charge in [-0.2, -0.15) is 0 Å². The van der Waals surface area contributed by atoms with Crippen molar-refractivity contribution in [1.29, 1.82) is 0 Å². The number of rotatable bonds is 5. The number of nitrogens with zero attached hydrogens (tertiary/aromatic N) is 3. The minimum Gasteiger partial charge on any atom is -0.455 e. The van der Waals surface area contributed by atoms with E-state index in [2.05, 4.69) is 9.88 Å². The molecule has 1 atom stereocenters. The Bertz CT molecular complexity index is 951. The summed E-state index contributed by atoms with van der Waals surface area (Å²) in [6.07, 6.45) is 1.77. The zero-order chi connectivity index (χ0) is 19.3. The summed E-state index contributed by atoms with van der Waals surface area (Å²) in [6, 6.07) is 18.5. The van der Waals surface area contributed by atoms with Crippen molar-refractivity contribution in [3.63, 3.8) is 0 Å². The van der Waals surface area contributed by atoms with Crippen molar-refractivity contribution in [1.82, 2.24) is 9.88 Å². The van der Waals surface area contributed by atoms with Crippen molar-refractivity contribution in [2.75, 3.05) is 31.1 Å². The second kappa shape index (κ2) is 8.39. The Labute approximate surface area is 166 Å². The van der Waals surface area contributed by atoms with E-state index in [0.717, 1.165) is 23.8 Å². The fraction of sp³-hybridized carbons (Fsp3) is 0.238. The van der Waals surface area contributed by atoms with Crippen molar-refractivity contribution < 1.29 is 13.4 Å². The van der Waals surface area contributed by atoms with Gasteiger partial charge in [0.1, 0.15) is 11.6 Å². The van der Waals surface area contributed by atoms with Gasteiger partial charge in [-0.3, -0.25) is 9.00 Å². The minimum absolute atomic E-state index is 0.127. The van der Waals surface area contributed by atoms with Gasteiger partial charge in [-0.1, -0.05) is 24.3 Å². The molecule has 2 aromatic heterocycles. The zero-order valence-electron chi connectivity index (χ0n) is 15.4. The lowest BCUT2D eigenvalue weighted by Gasteiger charge is -2.34.